The highest BCUT2D eigenvalue weighted by molar-refractivity contribution is 5.71. The summed E-state index contributed by atoms with van der Waals surface area (Å²) >= 11 is 0. The number of aryl methyl sites for hydroxylation is 1. The smallest absolute Gasteiger partial charge is 0.281 e. The molecule has 0 aliphatic carbocycles. The molecule has 4 rings (SSSR count). The standard InChI is InChI=1S/C21H25N7O/c1-2-9-27-14-24-19-18(27)20(29)28(12-16-7-4-3-6-15(16)11-22)21(25-19)26-10-5-8-17(23)13-26/h3-4,6-7,14,17H,2,5,8-10,12-13,23H2,1H3/t17-/m1/s1. The van der Waals surface area contributed by atoms with Crippen LogP contribution in [0.1, 0.15) is 37.3 Å². The van der Waals surface area contributed by atoms with E-state index in [1.54, 1.807) is 17.0 Å². The fraction of sp³-hybridized carbons (Fsp3) is 0.429. The normalized spacial score (nSPS) is 16.9. The maximum absolute atomic E-state index is 13.6. The Balaban J connectivity index is 1.89. The van der Waals surface area contributed by atoms with Crippen LogP contribution >= 0.6 is 0 Å². The van der Waals surface area contributed by atoms with Crippen molar-refractivity contribution in [2.45, 2.75) is 45.3 Å². The molecule has 0 amide bonds. The molecule has 2 N–H and O–H groups in total. The number of hydrogen-bond donors (Lipinski definition) is 1. The van der Waals surface area contributed by atoms with Gasteiger partial charge in [0.2, 0.25) is 5.95 Å². The Morgan fingerprint density at radius 1 is 1.34 bits per heavy atom. The second-order valence-electron chi connectivity index (χ2n) is 7.53. The quantitative estimate of drug-likeness (QED) is 0.711. The fourth-order valence-electron chi connectivity index (χ4n) is 3.97. The van der Waals surface area contributed by atoms with Crippen LogP contribution in [-0.2, 0) is 13.1 Å². The molecule has 1 atom stereocenters. The van der Waals surface area contributed by atoms with Crippen LogP contribution in [0.2, 0.25) is 0 Å². The summed E-state index contributed by atoms with van der Waals surface area (Å²) in [6.07, 6.45) is 4.49. The van der Waals surface area contributed by atoms with Crippen LogP contribution in [0.3, 0.4) is 0 Å². The first-order valence-electron chi connectivity index (χ1n) is 10.1. The van der Waals surface area contributed by atoms with Crippen molar-refractivity contribution in [3.63, 3.8) is 0 Å². The number of imidazole rings is 1. The average Bonchev–Trinajstić information content (AvgIpc) is 3.13. The van der Waals surface area contributed by atoms with E-state index >= 15 is 0 Å². The van der Waals surface area contributed by atoms with Gasteiger partial charge in [0.25, 0.3) is 5.56 Å². The molecule has 3 aromatic rings. The van der Waals surface area contributed by atoms with Crippen LogP contribution in [0, 0.1) is 11.3 Å². The van der Waals surface area contributed by atoms with Crippen molar-refractivity contribution in [1.82, 2.24) is 19.1 Å². The molecule has 1 aliphatic heterocycles. The Bertz CT molecular complexity index is 1120. The highest BCUT2D eigenvalue weighted by atomic mass is 16.1. The molecule has 8 heteroatoms. The summed E-state index contributed by atoms with van der Waals surface area (Å²) in [6, 6.07) is 9.62. The zero-order chi connectivity index (χ0) is 20.4. The molecule has 29 heavy (non-hydrogen) atoms. The van der Waals surface area contributed by atoms with E-state index in [0.29, 0.717) is 35.8 Å². The van der Waals surface area contributed by atoms with Gasteiger partial charge in [-0.25, -0.2) is 4.98 Å². The third kappa shape index (κ3) is 3.61. The zero-order valence-corrected chi connectivity index (χ0v) is 16.6. The zero-order valence-electron chi connectivity index (χ0n) is 16.6. The molecule has 0 radical (unpaired) electrons. The van der Waals surface area contributed by atoms with Crippen molar-refractivity contribution >= 4 is 17.1 Å². The number of nitrogens with two attached hydrogens (primary N) is 1. The molecule has 3 heterocycles. The molecule has 1 fully saturated rings. The van der Waals surface area contributed by atoms with E-state index in [4.69, 9.17) is 10.7 Å². The summed E-state index contributed by atoms with van der Waals surface area (Å²) in [5, 5.41) is 9.48. The number of benzene rings is 1. The van der Waals surface area contributed by atoms with Gasteiger partial charge in [0, 0.05) is 25.7 Å². The minimum Gasteiger partial charge on any atom is -0.341 e. The topological polar surface area (TPSA) is 106 Å². The maximum Gasteiger partial charge on any atom is 0.281 e. The molecular weight excluding hydrogens is 366 g/mol. The maximum atomic E-state index is 13.6. The van der Waals surface area contributed by atoms with Crippen LogP contribution in [0.25, 0.3) is 11.2 Å². The second-order valence-corrected chi connectivity index (χ2v) is 7.53. The minimum absolute atomic E-state index is 0.0499. The number of aromatic nitrogens is 4. The van der Waals surface area contributed by atoms with Crippen molar-refractivity contribution in [3.8, 4) is 6.07 Å². The van der Waals surface area contributed by atoms with Gasteiger partial charge in [-0.3, -0.25) is 9.36 Å². The van der Waals surface area contributed by atoms with Crippen molar-refractivity contribution in [2.75, 3.05) is 18.0 Å². The van der Waals surface area contributed by atoms with Gasteiger partial charge in [0.1, 0.15) is 0 Å². The molecule has 0 saturated carbocycles. The number of anilines is 1. The van der Waals surface area contributed by atoms with Gasteiger partial charge in [0.15, 0.2) is 11.2 Å². The lowest BCUT2D eigenvalue weighted by atomic mass is 10.1. The first-order valence-corrected chi connectivity index (χ1v) is 10.1. The van der Waals surface area contributed by atoms with Gasteiger partial charge in [-0.2, -0.15) is 10.2 Å². The van der Waals surface area contributed by atoms with Crippen LogP contribution < -0.4 is 16.2 Å². The number of piperidine rings is 1. The summed E-state index contributed by atoms with van der Waals surface area (Å²) in [5.41, 5.74) is 8.37. The van der Waals surface area contributed by atoms with Gasteiger partial charge in [-0.05, 0) is 30.9 Å². The number of fused-ring (bicyclic) bond motifs is 1. The number of nitriles is 1. The summed E-state index contributed by atoms with van der Waals surface area (Å²) in [4.78, 5) is 24.8. The lowest BCUT2D eigenvalue weighted by molar-refractivity contribution is 0.491. The van der Waals surface area contributed by atoms with Crippen molar-refractivity contribution in [1.29, 1.82) is 5.26 Å². The lowest BCUT2D eigenvalue weighted by Gasteiger charge is -2.33. The summed E-state index contributed by atoms with van der Waals surface area (Å²) < 4.78 is 3.54. The minimum atomic E-state index is -0.136. The Kier molecular flexibility index (Phi) is 5.32. The SMILES string of the molecule is CCCn1cnc2nc(N3CCC[C@@H](N)C3)n(Cc3ccccc3C#N)c(=O)c21. The highest BCUT2D eigenvalue weighted by Crippen LogP contribution is 2.21. The van der Waals surface area contributed by atoms with Gasteiger partial charge in [0.05, 0.1) is 24.5 Å². The largest absolute Gasteiger partial charge is 0.341 e. The van der Waals surface area contributed by atoms with E-state index in [2.05, 4.69) is 22.9 Å². The molecular formula is C21H25N7O. The molecule has 0 unspecified atom stereocenters. The van der Waals surface area contributed by atoms with Crippen LogP contribution in [0.4, 0.5) is 5.95 Å². The fourth-order valence-corrected chi connectivity index (χ4v) is 3.97. The first kappa shape index (κ1) is 19.2. The second kappa shape index (κ2) is 8.05. The van der Waals surface area contributed by atoms with Crippen molar-refractivity contribution in [2.24, 2.45) is 5.73 Å². The van der Waals surface area contributed by atoms with E-state index in [9.17, 15) is 10.1 Å². The predicted molar refractivity (Wildman–Crippen MR) is 112 cm³/mol. The molecule has 8 nitrogen and oxygen atoms in total. The summed E-state index contributed by atoms with van der Waals surface area (Å²) in [6.45, 7) is 4.49. The summed E-state index contributed by atoms with van der Waals surface area (Å²) in [5.74, 6) is 0.576. The van der Waals surface area contributed by atoms with Gasteiger partial charge < -0.3 is 15.2 Å². The van der Waals surface area contributed by atoms with E-state index in [1.807, 2.05) is 22.8 Å². The number of nitrogens with zero attached hydrogens (tertiary/aromatic N) is 6. The van der Waals surface area contributed by atoms with Crippen LogP contribution in [0.15, 0.2) is 35.4 Å². The third-order valence-electron chi connectivity index (χ3n) is 5.38. The van der Waals surface area contributed by atoms with E-state index in [0.717, 1.165) is 31.4 Å². The molecule has 150 valence electrons. The molecule has 0 bridgehead atoms. The average molecular weight is 391 g/mol. The number of hydrogen-bond acceptors (Lipinski definition) is 6. The van der Waals surface area contributed by atoms with E-state index in [1.165, 1.54) is 0 Å². The molecule has 0 spiro atoms. The Hall–Kier alpha value is -3.18. The monoisotopic (exact) mass is 391 g/mol. The van der Waals surface area contributed by atoms with Crippen LogP contribution in [-0.4, -0.2) is 38.2 Å². The molecule has 1 aromatic carbocycles. The van der Waals surface area contributed by atoms with Crippen LogP contribution in [0.5, 0.6) is 0 Å². The highest BCUT2D eigenvalue weighted by Gasteiger charge is 2.24. The van der Waals surface area contributed by atoms with E-state index in [-0.39, 0.29) is 18.1 Å². The van der Waals surface area contributed by atoms with Gasteiger partial charge in [-0.15, -0.1) is 0 Å². The van der Waals surface area contributed by atoms with Crippen molar-refractivity contribution < 1.29 is 0 Å². The third-order valence-corrected chi connectivity index (χ3v) is 5.38. The molecule has 1 saturated heterocycles. The lowest BCUT2D eigenvalue weighted by Crippen LogP contribution is -2.45. The van der Waals surface area contributed by atoms with Gasteiger partial charge >= 0.3 is 0 Å². The first-order chi connectivity index (χ1) is 14.1. The van der Waals surface area contributed by atoms with E-state index < -0.39 is 0 Å². The van der Waals surface area contributed by atoms with Crippen molar-refractivity contribution in [3.05, 3.63) is 52.1 Å². The molecule has 2 aromatic heterocycles. The predicted octanol–water partition coefficient (Wildman–Crippen LogP) is 1.85. The molecule has 1 aliphatic rings. The Labute approximate surface area is 169 Å². The Morgan fingerprint density at radius 3 is 2.93 bits per heavy atom. The summed E-state index contributed by atoms with van der Waals surface area (Å²) in [7, 11) is 0. The number of rotatable bonds is 5. The Morgan fingerprint density at radius 2 is 2.17 bits per heavy atom. The van der Waals surface area contributed by atoms with Gasteiger partial charge in [-0.1, -0.05) is 25.1 Å².